The Balaban J connectivity index is 2.35. The highest BCUT2D eigenvalue weighted by atomic mass is 15.4. The van der Waals surface area contributed by atoms with Crippen LogP contribution in [0.3, 0.4) is 0 Å². The van der Waals surface area contributed by atoms with E-state index < -0.39 is 0 Å². The van der Waals surface area contributed by atoms with Gasteiger partial charge in [-0.15, -0.1) is 5.10 Å². The third kappa shape index (κ3) is 1.53. The first kappa shape index (κ1) is 8.19. The summed E-state index contributed by atoms with van der Waals surface area (Å²) in [6, 6.07) is 5.98. The second-order valence-electron chi connectivity index (χ2n) is 2.92. The third-order valence-electron chi connectivity index (χ3n) is 2.01. The summed E-state index contributed by atoms with van der Waals surface area (Å²) in [6.45, 7) is 0.934. The molecule has 0 unspecified atom stereocenters. The molecule has 0 aliphatic rings. The Morgan fingerprint density at radius 2 is 2.38 bits per heavy atom. The first-order valence-corrected chi connectivity index (χ1v) is 4.35. The molecule has 0 radical (unpaired) electrons. The van der Waals surface area contributed by atoms with Crippen molar-refractivity contribution in [3.63, 3.8) is 0 Å². The number of rotatable bonds is 3. The maximum absolute atomic E-state index is 4.11. The van der Waals surface area contributed by atoms with Gasteiger partial charge in [0.25, 0.3) is 0 Å². The number of hydrogen-bond donors (Lipinski definition) is 1. The SMILES string of the molecule is CNCCc1nnn2ccccc12. The van der Waals surface area contributed by atoms with Crippen molar-refractivity contribution >= 4 is 5.52 Å². The van der Waals surface area contributed by atoms with Crippen LogP contribution in [-0.2, 0) is 6.42 Å². The molecule has 2 rings (SSSR count). The third-order valence-corrected chi connectivity index (χ3v) is 2.01. The largest absolute Gasteiger partial charge is 0.319 e. The second kappa shape index (κ2) is 3.53. The van der Waals surface area contributed by atoms with Crippen LogP contribution in [0.5, 0.6) is 0 Å². The summed E-state index contributed by atoms with van der Waals surface area (Å²) in [5, 5.41) is 11.2. The zero-order valence-electron chi connectivity index (χ0n) is 7.57. The molecule has 4 nitrogen and oxygen atoms in total. The molecule has 0 saturated carbocycles. The van der Waals surface area contributed by atoms with Gasteiger partial charge < -0.3 is 5.32 Å². The predicted octanol–water partition coefficient (Wildman–Crippen LogP) is 0.491. The van der Waals surface area contributed by atoms with Gasteiger partial charge in [-0.1, -0.05) is 11.3 Å². The van der Waals surface area contributed by atoms with Crippen molar-refractivity contribution in [1.29, 1.82) is 0 Å². The molecule has 0 fully saturated rings. The molecule has 0 amide bonds. The van der Waals surface area contributed by atoms with E-state index in [-0.39, 0.29) is 0 Å². The fourth-order valence-electron chi connectivity index (χ4n) is 1.32. The molecule has 1 N–H and O–H groups in total. The van der Waals surface area contributed by atoms with E-state index in [0.29, 0.717) is 0 Å². The van der Waals surface area contributed by atoms with Gasteiger partial charge in [0.05, 0.1) is 11.2 Å². The number of nitrogens with one attached hydrogen (secondary N) is 1. The maximum atomic E-state index is 4.11. The lowest BCUT2D eigenvalue weighted by molar-refractivity contribution is 0.768. The van der Waals surface area contributed by atoms with Crippen molar-refractivity contribution in [3.05, 3.63) is 30.1 Å². The second-order valence-corrected chi connectivity index (χ2v) is 2.92. The molecule has 0 atom stereocenters. The molecule has 68 valence electrons. The molecule has 2 heterocycles. The lowest BCUT2D eigenvalue weighted by atomic mass is 10.2. The molecule has 0 aliphatic heterocycles. The normalized spacial score (nSPS) is 10.8. The average molecular weight is 176 g/mol. The summed E-state index contributed by atoms with van der Waals surface area (Å²) >= 11 is 0. The van der Waals surface area contributed by atoms with Crippen LogP contribution >= 0.6 is 0 Å². The number of fused-ring (bicyclic) bond motifs is 1. The molecule has 2 aromatic rings. The van der Waals surface area contributed by atoms with Gasteiger partial charge in [0.1, 0.15) is 0 Å². The topological polar surface area (TPSA) is 42.2 Å². The first-order valence-electron chi connectivity index (χ1n) is 4.35. The smallest absolute Gasteiger partial charge is 0.0917 e. The van der Waals surface area contributed by atoms with Crippen LogP contribution in [-0.4, -0.2) is 28.4 Å². The quantitative estimate of drug-likeness (QED) is 0.740. The van der Waals surface area contributed by atoms with Crippen LogP contribution in [0.25, 0.3) is 5.52 Å². The van der Waals surface area contributed by atoms with E-state index in [4.69, 9.17) is 0 Å². The van der Waals surface area contributed by atoms with Crippen molar-refractivity contribution in [3.8, 4) is 0 Å². The van der Waals surface area contributed by atoms with E-state index >= 15 is 0 Å². The summed E-state index contributed by atoms with van der Waals surface area (Å²) in [5.41, 5.74) is 2.15. The zero-order chi connectivity index (χ0) is 9.10. The molecule has 2 aromatic heterocycles. The van der Waals surface area contributed by atoms with Crippen LogP contribution in [0.15, 0.2) is 24.4 Å². The number of aromatic nitrogens is 3. The molecular formula is C9H12N4. The molecule has 0 aromatic carbocycles. The summed E-state index contributed by atoms with van der Waals surface area (Å²) in [7, 11) is 1.94. The van der Waals surface area contributed by atoms with E-state index in [9.17, 15) is 0 Å². The Morgan fingerprint density at radius 1 is 1.46 bits per heavy atom. The summed E-state index contributed by atoms with van der Waals surface area (Å²) in [4.78, 5) is 0. The van der Waals surface area contributed by atoms with Gasteiger partial charge in [-0.25, -0.2) is 4.52 Å². The minimum Gasteiger partial charge on any atom is -0.319 e. The maximum Gasteiger partial charge on any atom is 0.0917 e. The van der Waals surface area contributed by atoms with Crippen LogP contribution in [0.2, 0.25) is 0 Å². The lowest BCUT2D eigenvalue weighted by Crippen LogP contribution is -2.10. The van der Waals surface area contributed by atoms with Gasteiger partial charge in [0, 0.05) is 19.2 Å². The van der Waals surface area contributed by atoms with Gasteiger partial charge in [-0.2, -0.15) is 0 Å². The van der Waals surface area contributed by atoms with Crippen molar-refractivity contribution in [2.45, 2.75) is 6.42 Å². The molecular weight excluding hydrogens is 164 g/mol. The molecule has 0 bridgehead atoms. The Bertz CT molecular complexity index is 393. The lowest BCUT2D eigenvalue weighted by Gasteiger charge is -1.95. The van der Waals surface area contributed by atoms with Crippen LogP contribution in [0, 0.1) is 0 Å². The summed E-state index contributed by atoms with van der Waals surface area (Å²) < 4.78 is 1.80. The number of likely N-dealkylation sites (N-methyl/N-ethyl adjacent to an activating group) is 1. The predicted molar refractivity (Wildman–Crippen MR) is 50.6 cm³/mol. The minimum absolute atomic E-state index is 0.921. The highest BCUT2D eigenvalue weighted by Gasteiger charge is 2.02. The Labute approximate surface area is 76.6 Å². The van der Waals surface area contributed by atoms with E-state index in [1.54, 1.807) is 4.52 Å². The number of nitrogens with zero attached hydrogens (tertiary/aromatic N) is 3. The van der Waals surface area contributed by atoms with E-state index in [1.165, 1.54) is 0 Å². The van der Waals surface area contributed by atoms with Crippen LogP contribution < -0.4 is 5.32 Å². The Morgan fingerprint density at radius 3 is 3.23 bits per heavy atom. The fraction of sp³-hybridized carbons (Fsp3) is 0.333. The van der Waals surface area contributed by atoms with Gasteiger partial charge in [0.15, 0.2) is 0 Å². The summed E-state index contributed by atoms with van der Waals surface area (Å²) in [6.07, 6.45) is 2.83. The molecule has 0 aliphatic carbocycles. The highest BCUT2D eigenvalue weighted by Crippen LogP contribution is 2.06. The van der Waals surface area contributed by atoms with Crippen molar-refractivity contribution < 1.29 is 0 Å². The van der Waals surface area contributed by atoms with Crippen molar-refractivity contribution in [2.24, 2.45) is 0 Å². The summed E-state index contributed by atoms with van der Waals surface area (Å²) in [5.74, 6) is 0. The van der Waals surface area contributed by atoms with Crippen LogP contribution in [0.4, 0.5) is 0 Å². The fourth-order valence-corrected chi connectivity index (χ4v) is 1.32. The monoisotopic (exact) mass is 176 g/mol. The molecule has 13 heavy (non-hydrogen) atoms. The number of pyridine rings is 1. The number of hydrogen-bond acceptors (Lipinski definition) is 3. The van der Waals surface area contributed by atoms with Gasteiger partial charge in [0.2, 0.25) is 0 Å². The van der Waals surface area contributed by atoms with Crippen molar-refractivity contribution in [2.75, 3.05) is 13.6 Å². The van der Waals surface area contributed by atoms with Crippen LogP contribution in [0.1, 0.15) is 5.69 Å². The standard InChI is InChI=1S/C9H12N4/c1-10-6-5-8-9-4-2-3-7-13(9)12-11-8/h2-4,7,10H,5-6H2,1H3. The highest BCUT2D eigenvalue weighted by molar-refractivity contribution is 5.50. The van der Waals surface area contributed by atoms with Gasteiger partial charge in [-0.3, -0.25) is 0 Å². The molecule has 0 spiro atoms. The van der Waals surface area contributed by atoms with Gasteiger partial charge >= 0.3 is 0 Å². The van der Waals surface area contributed by atoms with E-state index in [0.717, 1.165) is 24.2 Å². The average Bonchev–Trinajstić information content (AvgIpc) is 2.58. The Kier molecular flexibility index (Phi) is 2.23. The first-order chi connectivity index (χ1) is 6.42. The van der Waals surface area contributed by atoms with Crippen molar-refractivity contribution in [1.82, 2.24) is 20.1 Å². The van der Waals surface area contributed by atoms with E-state index in [1.807, 2.05) is 31.4 Å². The zero-order valence-corrected chi connectivity index (χ0v) is 7.57. The molecule has 4 heteroatoms. The Hall–Kier alpha value is -1.42. The minimum atomic E-state index is 0.921. The van der Waals surface area contributed by atoms with E-state index in [2.05, 4.69) is 15.6 Å². The molecule has 0 saturated heterocycles. The van der Waals surface area contributed by atoms with Gasteiger partial charge in [-0.05, 0) is 19.2 Å².